The zero-order chi connectivity index (χ0) is 24.9. The summed E-state index contributed by atoms with van der Waals surface area (Å²) in [6.45, 7) is 2.53. The molecule has 2 fully saturated rings. The lowest BCUT2D eigenvalue weighted by atomic mass is 9.94. The number of aryl methyl sites for hydroxylation is 1. The van der Waals surface area contributed by atoms with E-state index in [2.05, 4.69) is 35.0 Å². The van der Waals surface area contributed by atoms with E-state index in [-0.39, 0.29) is 11.9 Å². The summed E-state index contributed by atoms with van der Waals surface area (Å²) >= 11 is 4.94. The van der Waals surface area contributed by atoms with Gasteiger partial charge in [0.15, 0.2) is 5.17 Å². The number of ether oxygens (including phenoxy) is 1. The average molecular weight is 562 g/mol. The number of amidine groups is 1. The molecule has 5 rings (SSSR count). The molecule has 4 nitrogen and oxygen atoms in total. The number of carbonyl (C=O) groups is 1. The number of rotatable bonds is 6. The van der Waals surface area contributed by atoms with Gasteiger partial charge in [-0.15, -0.1) is 0 Å². The molecule has 0 unspecified atom stereocenters. The summed E-state index contributed by atoms with van der Waals surface area (Å²) < 4.78 is 7.20. The summed E-state index contributed by atoms with van der Waals surface area (Å²) in [4.78, 5) is 21.2. The maximum absolute atomic E-state index is 13.7. The summed E-state index contributed by atoms with van der Waals surface area (Å²) in [6.07, 6.45) is 7.56. The van der Waals surface area contributed by atoms with Crippen LogP contribution in [0.15, 0.2) is 87.2 Å². The Morgan fingerprint density at radius 3 is 2.47 bits per heavy atom. The highest BCUT2D eigenvalue weighted by Gasteiger charge is 2.38. The monoisotopic (exact) mass is 560 g/mol. The number of benzene rings is 3. The number of hydrogen-bond donors (Lipinski definition) is 0. The molecule has 2 aliphatic rings. The van der Waals surface area contributed by atoms with Crippen LogP contribution in [0, 0.1) is 6.92 Å². The first kappa shape index (κ1) is 24.8. The molecule has 1 aliphatic carbocycles. The van der Waals surface area contributed by atoms with Crippen LogP contribution < -0.4 is 4.74 Å². The molecule has 0 N–H and O–H groups in total. The Hall–Kier alpha value is -2.83. The van der Waals surface area contributed by atoms with E-state index < -0.39 is 0 Å². The normalized spacial score (nSPS) is 18.8. The third-order valence-corrected chi connectivity index (χ3v) is 8.06. The van der Waals surface area contributed by atoms with Crippen molar-refractivity contribution < 1.29 is 9.53 Å². The van der Waals surface area contributed by atoms with Gasteiger partial charge in [-0.3, -0.25) is 9.69 Å². The average Bonchev–Trinajstić information content (AvgIpc) is 3.20. The van der Waals surface area contributed by atoms with Crippen molar-refractivity contribution in [3.8, 4) is 5.75 Å². The van der Waals surface area contributed by atoms with Crippen LogP contribution >= 0.6 is 27.7 Å². The molecular formula is C30H29BrN2O2S. The van der Waals surface area contributed by atoms with Crippen molar-refractivity contribution in [3.05, 3.63) is 98.9 Å². The third kappa shape index (κ3) is 5.93. The summed E-state index contributed by atoms with van der Waals surface area (Å²) in [5, 5.41) is 0.773. The number of aliphatic imine (C=N–C) groups is 1. The Morgan fingerprint density at radius 1 is 1.00 bits per heavy atom. The molecular weight excluding hydrogens is 532 g/mol. The topological polar surface area (TPSA) is 41.9 Å². The Balaban J connectivity index is 1.43. The van der Waals surface area contributed by atoms with Gasteiger partial charge in [-0.1, -0.05) is 83.2 Å². The number of amides is 1. The van der Waals surface area contributed by atoms with Crippen molar-refractivity contribution in [3.63, 3.8) is 0 Å². The van der Waals surface area contributed by atoms with Gasteiger partial charge in [0.25, 0.3) is 5.91 Å². The van der Waals surface area contributed by atoms with Crippen LogP contribution in [0.25, 0.3) is 6.08 Å². The number of thioether (sulfide) groups is 1. The quantitative estimate of drug-likeness (QED) is 0.285. The van der Waals surface area contributed by atoms with Crippen LogP contribution in [0.3, 0.4) is 0 Å². The summed E-state index contributed by atoms with van der Waals surface area (Å²) in [7, 11) is 0. The van der Waals surface area contributed by atoms with Crippen molar-refractivity contribution in [2.45, 2.75) is 51.7 Å². The smallest absolute Gasteiger partial charge is 0.267 e. The van der Waals surface area contributed by atoms with Crippen LogP contribution in [-0.2, 0) is 11.4 Å². The van der Waals surface area contributed by atoms with Crippen LogP contribution in [0.5, 0.6) is 5.75 Å². The van der Waals surface area contributed by atoms with Gasteiger partial charge in [-0.2, -0.15) is 0 Å². The molecule has 0 atom stereocenters. The molecule has 36 heavy (non-hydrogen) atoms. The summed E-state index contributed by atoms with van der Waals surface area (Å²) in [5.74, 6) is 0.801. The van der Waals surface area contributed by atoms with Crippen molar-refractivity contribution in [1.82, 2.24) is 4.90 Å². The van der Waals surface area contributed by atoms with Gasteiger partial charge in [-0.05, 0) is 73.5 Å². The zero-order valence-corrected chi connectivity index (χ0v) is 22.7. The minimum absolute atomic E-state index is 0.0421. The highest BCUT2D eigenvalue weighted by Crippen LogP contribution is 2.39. The second-order valence-electron chi connectivity index (χ2n) is 9.26. The molecule has 1 amide bonds. The predicted molar refractivity (Wildman–Crippen MR) is 152 cm³/mol. The molecule has 1 heterocycles. The fourth-order valence-electron chi connectivity index (χ4n) is 4.57. The molecule has 6 heteroatoms. The number of carbonyl (C=O) groups excluding carboxylic acids is 1. The lowest BCUT2D eigenvalue weighted by Crippen LogP contribution is -2.40. The minimum Gasteiger partial charge on any atom is -0.488 e. The standard InChI is InChI=1S/C30H29BrN2O2S/c1-21-11-17-25(18-12-21)32-30-33(26-8-3-2-4-9-26)29(34)28(36-30)19-23-7-5-6-10-27(23)35-20-22-13-15-24(31)16-14-22/h5-7,10-19,26H,2-4,8-9,20H2,1H3/b28-19+,32-30?. The first-order chi connectivity index (χ1) is 17.6. The molecule has 1 saturated heterocycles. The van der Waals surface area contributed by atoms with Gasteiger partial charge in [-0.25, -0.2) is 4.99 Å². The van der Waals surface area contributed by atoms with Gasteiger partial charge in [0.2, 0.25) is 0 Å². The van der Waals surface area contributed by atoms with Gasteiger partial charge < -0.3 is 4.74 Å². The molecule has 3 aromatic rings. The molecule has 0 spiro atoms. The fraction of sp³-hybridized carbons (Fsp3) is 0.267. The third-order valence-electron chi connectivity index (χ3n) is 6.55. The Labute approximate surface area is 225 Å². The van der Waals surface area contributed by atoms with E-state index in [1.54, 1.807) is 0 Å². The van der Waals surface area contributed by atoms with Gasteiger partial charge >= 0.3 is 0 Å². The minimum atomic E-state index is 0.0421. The van der Waals surface area contributed by atoms with Crippen LogP contribution in [0.4, 0.5) is 5.69 Å². The Kier molecular flexibility index (Phi) is 7.93. The van der Waals surface area contributed by atoms with Crippen LogP contribution in [0.1, 0.15) is 48.8 Å². The van der Waals surface area contributed by atoms with E-state index in [4.69, 9.17) is 9.73 Å². The SMILES string of the molecule is Cc1ccc(N=C2S/C(=C/c3ccccc3OCc3ccc(Br)cc3)C(=O)N2C2CCCCC2)cc1. The predicted octanol–water partition coefficient (Wildman–Crippen LogP) is 8.27. The van der Waals surface area contributed by atoms with Crippen LogP contribution in [0.2, 0.25) is 0 Å². The summed E-state index contributed by atoms with van der Waals surface area (Å²) in [6, 6.07) is 24.3. The first-order valence-electron chi connectivity index (χ1n) is 12.4. The highest BCUT2D eigenvalue weighted by atomic mass is 79.9. The molecule has 0 radical (unpaired) electrons. The highest BCUT2D eigenvalue weighted by molar-refractivity contribution is 9.10. The Morgan fingerprint density at radius 2 is 1.72 bits per heavy atom. The van der Waals surface area contributed by atoms with E-state index >= 15 is 0 Å². The molecule has 1 aliphatic heterocycles. The number of para-hydroxylation sites is 1. The van der Waals surface area contributed by atoms with Gasteiger partial charge in [0, 0.05) is 16.1 Å². The largest absolute Gasteiger partial charge is 0.488 e. The lowest BCUT2D eigenvalue weighted by Gasteiger charge is -2.30. The van der Waals surface area contributed by atoms with Gasteiger partial charge in [0.1, 0.15) is 12.4 Å². The van der Waals surface area contributed by atoms with Crippen molar-refractivity contribution in [2.75, 3.05) is 0 Å². The number of halogens is 1. The molecule has 0 aromatic heterocycles. The zero-order valence-electron chi connectivity index (χ0n) is 20.3. The maximum atomic E-state index is 13.7. The first-order valence-corrected chi connectivity index (χ1v) is 14.0. The van der Waals surface area contributed by atoms with E-state index in [0.29, 0.717) is 11.5 Å². The second kappa shape index (κ2) is 11.5. The van der Waals surface area contributed by atoms with Crippen molar-refractivity contribution >= 4 is 50.5 Å². The van der Waals surface area contributed by atoms with E-state index in [0.717, 1.165) is 57.9 Å². The van der Waals surface area contributed by atoms with Crippen molar-refractivity contribution in [2.24, 2.45) is 4.99 Å². The number of hydrogen-bond acceptors (Lipinski definition) is 4. The molecule has 1 saturated carbocycles. The van der Waals surface area contributed by atoms with E-state index in [1.807, 2.05) is 71.6 Å². The maximum Gasteiger partial charge on any atom is 0.267 e. The number of nitrogens with zero attached hydrogens (tertiary/aromatic N) is 2. The van der Waals surface area contributed by atoms with Gasteiger partial charge in [0.05, 0.1) is 10.6 Å². The second-order valence-corrected chi connectivity index (χ2v) is 11.2. The molecule has 0 bridgehead atoms. The molecule has 3 aromatic carbocycles. The van der Waals surface area contributed by atoms with Crippen molar-refractivity contribution in [1.29, 1.82) is 0 Å². The summed E-state index contributed by atoms with van der Waals surface area (Å²) in [5.41, 5.74) is 4.04. The Bertz CT molecular complexity index is 1280. The van der Waals surface area contributed by atoms with E-state index in [9.17, 15) is 4.79 Å². The fourth-order valence-corrected chi connectivity index (χ4v) is 5.88. The molecule has 184 valence electrons. The van der Waals surface area contributed by atoms with Crippen LogP contribution in [-0.4, -0.2) is 22.0 Å². The lowest BCUT2D eigenvalue weighted by molar-refractivity contribution is -0.124. The van der Waals surface area contributed by atoms with E-state index in [1.165, 1.54) is 23.7 Å².